The average molecular weight is 433 g/mol. The molecule has 0 aliphatic carbocycles. The lowest BCUT2D eigenvalue weighted by atomic mass is 9.98. The molecule has 3 aromatic rings. The maximum Gasteiger partial charge on any atom is 0.341 e. The van der Waals surface area contributed by atoms with E-state index in [-0.39, 0.29) is 28.5 Å². The summed E-state index contributed by atoms with van der Waals surface area (Å²) in [7, 11) is 1.21. The molecular weight excluding hydrogens is 415 g/mol. The van der Waals surface area contributed by atoms with Crippen LogP contribution in [0.1, 0.15) is 21.5 Å². The molecule has 5 nitrogen and oxygen atoms in total. The minimum atomic E-state index is -0.731. The Labute approximate surface area is 178 Å². The number of phenolic OH excluding ortho intramolecular Hbond substituents is 2. The van der Waals surface area contributed by atoms with Gasteiger partial charge in [0.15, 0.2) is 0 Å². The fraction of sp³-hybridized carbons (Fsp3) is 0.136. The summed E-state index contributed by atoms with van der Waals surface area (Å²) in [6, 6.07) is 15.4. The van der Waals surface area contributed by atoms with Crippen LogP contribution in [-0.4, -0.2) is 23.3 Å². The van der Waals surface area contributed by atoms with Gasteiger partial charge in [-0.3, -0.25) is 0 Å². The number of aryl methyl sites for hydroxylation is 1. The summed E-state index contributed by atoms with van der Waals surface area (Å²) in [6.45, 7) is 0. The molecule has 0 aliphatic heterocycles. The van der Waals surface area contributed by atoms with Crippen LogP contribution in [0.2, 0.25) is 10.0 Å². The summed E-state index contributed by atoms with van der Waals surface area (Å²) in [5.41, 5.74) is 1.10. The second-order valence-corrected chi connectivity index (χ2v) is 7.05. The molecule has 0 saturated carbocycles. The molecule has 150 valence electrons. The Morgan fingerprint density at radius 1 is 0.966 bits per heavy atom. The quantitative estimate of drug-likeness (QED) is 0.483. The third-order valence-electron chi connectivity index (χ3n) is 4.37. The number of benzene rings is 3. The van der Waals surface area contributed by atoms with Crippen LogP contribution in [0.3, 0.4) is 0 Å². The van der Waals surface area contributed by atoms with Crippen molar-refractivity contribution >= 4 is 29.2 Å². The molecule has 0 bridgehead atoms. The topological polar surface area (TPSA) is 76.0 Å². The van der Waals surface area contributed by atoms with Crippen molar-refractivity contribution in [3.8, 4) is 23.0 Å². The van der Waals surface area contributed by atoms with Gasteiger partial charge in [-0.1, -0.05) is 41.4 Å². The Morgan fingerprint density at radius 3 is 2.34 bits per heavy atom. The van der Waals surface area contributed by atoms with Crippen LogP contribution in [0.25, 0.3) is 0 Å². The van der Waals surface area contributed by atoms with Crippen LogP contribution < -0.4 is 4.74 Å². The van der Waals surface area contributed by atoms with Crippen molar-refractivity contribution in [1.29, 1.82) is 0 Å². The molecule has 0 heterocycles. The lowest BCUT2D eigenvalue weighted by Crippen LogP contribution is -2.08. The van der Waals surface area contributed by atoms with Crippen LogP contribution >= 0.6 is 23.2 Å². The van der Waals surface area contributed by atoms with Gasteiger partial charge in [-0.25, -0.2) is 4.79 Å². The van der Waals surface area contributed by atoms with Gasteiger partial charge in [0.05, 0.1) is 12.1 Å². The first kappa shape index (κ1) is 20.8. The molecule has 29 heavy (non-hydrogen) atoms. The minimum absolute atomic E-state index is 0.000647. The van der Waals surface area contributed by atoms with Crippen LogP contribution in [-0.2, 0) is 17.6 Å². The minimum Gasteiger partial charge on any atom is -0.507 e. The van der Waals surface area contributed by atoms with Gasteiger partial charge >= 0.3 is 5.97 Å². The summed E-state index contributed by atoms with van der Waals surface area (Å²) in [5, 5.41) is 20.7. The predicted octanol–water partition coefficient (Wildman–Crippen LogP) is 5.77. The van der Waals surface area contributed by atoms with Gasteiger partial charge in [0.1, 0.15) is 28.6 Å². The fourth-order valence-corrected chi connectivity index (χ4v) is 3.32. The van der Waals surface area contributed by atoms with Crippen LogP contribution in [0.5, 0.6) is 23.0 Å². The van der Waals surface area contributed by atoms with E-state index in [0.29, 0.717) is 28.5 Å². The summed E-state index contributed by atoms with van der Waals surface area (Å²) in [5.74, 6) is -0.165. The van der Waals surface area contributed by atoms with E-state index >= 15 is 0 Å². The Hall–Kier alpha value is -2.89. The highest BCUT2D eigenvalue weighted by Crippen LogP contribution is 2.38. The van der Waals surface area contributed by atoms with Gasteiger partial charge in [-0.2, -0.15) is 0 Å². The van der Waals surface area contributed by atoms with Gasteiger partial charge in [-0.15, -0.1) is 0 Å². The predicted molar refractivity (Wildman–Crippen MR) is 111 cm³/mol. The number of ether oxygens (including phenoxy) is 2. The third kappa shape index (κ3) is 4.75. The molecule has 0 aliphatic rings. The van der Waals surface area contributed by atoms with Gasteiger partial charge in [-0.05, 0) is 54.3 Å². The van der Waals surface area contributed by atoms with E-state index in [1.807, 2.05) is 24.3 Å². The Kier molecular flexibility index (Phi) is 6.52. The highest BCUT2D eigenvalue weighted by atomic mass is 35.5. The number of hydrogen-bond donors (Lipinski definition) is 2. The van der Waals surface area contributed by atoms with E-state index in [4.69, 9.17) is 32.7 Å². The van der Waals surface area contributed by atoms with Gasteiger partial charge in [0.2, 0.25) is 0 Å². The Balaban J connectivity index is 1.89. The molecule has 7 heteroatoms. The van der Waals surface area contributed by atoms with E-state index in [2.05, 4.69) is 0 Å². The van der Waals surface area contributed by atoms with Crippen LogP contribution in [0.4, 0.5) is 0 Å². The molecule has 0 radical (unpaired) electrons. The van der Waals surface area contributed by atoms with Gasteiger partial charge < -0.3 is 19.7 Å². The first-order valence-corrected chi connectivity index (χ1v) is 9.49. The maximum atomic E-state index is 12.1. The zero-order valence-corrected chi connectivity index (χ0v) is 17.0. The Morgan fingerprint density at radius 2 is 1.66 bits per heavy atom. The molecule has 0 spiro atoms. The molecular formula is C22H18Cl2O5. The van der Waals surface area contributed by atoms with Crippen LogP contribution in [0, 0.1) is 0 Å². The summed E-state index contributed by atoms with van der Waals surface area (Å²) in [4.78, 5) is 12.1. The maximum absolute atomic E-state index is 12.1. The fourth-order valence-electron chi connectivity index (χ4n) is 2.95. The standard InChI is InChI=1S/C22H18Cl2O5/c1-28-22(27)20-16(21(24)18(26)12-17(20)25)11-6-13-4-2-3-5-19(13)29-15-9-7-14(23)8-10-15/h2-5,7-10,12,25-26H,6,11H2,1H3. The van der Waals surface area contributed by atoms with Crippen molar-refractivity contribution in [3.05, 3.63) is 81.3 Å². The first-order chi connectivity index (χ1) is 13.9. The summed E-state index contributed by atoms with van der Waals surface area (Å²) >= 11 is 12.1. The van der Waals surface area contributed by atoms with E-state index in [0.717, 1.165) is 11.6 Å². The molecule has 0 aromatic heterocycles. The molecule has 0 unspecified atom stereocenters. The number of halogens is 2. The van der Waals surface area contributed by atoms with Gasteiger partial charge in [0.25, 0.3) is 0 Å². The monoisotopic (exact) mass is 432 g/mol. The second-order valence-electron chi connectivity index (χ2n) is 6.24. The van der Waals surface area contributed by atoms with E-state index in [1.54, 1.807) is 24.3 Å². The number of aromatic hydroxyl groups is 2. The number of phenols is 2. The molecule has 0 amide bonds. The largest absolute Gasteiger partial charge is 0.507 e. The summed E-state index contributed by atoms with van der Waals surface area (Å²) in [6.07, 6.45) is 0.711. The normalized spacial score (nSPS) is 10.6. The first-order valence-electron chi connectivity index (χ1n) is 8.73. The van der Waals surface area contributed by atoms with Crippen LogP contribution in [0.15, 0.2) is 54.6 Å². The Bertz CT molecular complexity index is 1030. The number of para-hydroxylation sites is 1. The molecule has 3 aromatic carbocycles. The highest BCUT2D eigenvalue weighted by Gasteiger charge is 2.23. The van der Waals surface area contributed by atoms with Crippen molar-refractivity contribution in [2.24, 2.45) is 0 Å². The van der Waals surface area contributed by atoms with Crippen molar-refractivity contribution in [2.45, 2.75) is 12.8 Å². The number of hydrogen-bond acceptors (Lipinski definition) is 5. The van der Waals surface area contributed by atoms with Crippen molar-refractivity contribution in [3.63, 3.8) is 0 Å². The SMILES string of the molecule is COC(=O)c1c(O)cc(O)c(Cl)c1CCc1ccccc1Oc1ccc(Cl)cc1. The third-order valence-corrected chi connectivity index (χ3v) is 5.04. The molecule has 2 N–H and O–H groups in total. The molecule has 0 fully saturated rings. The van der Waals surface area contributed by atoms with Crippen molar-refractivity contribution < 1.29 is 24.5 Å². The van der Waals surface area contributed by atoms with E-state index in [9.17, 15) is 15.0 Å². The lowest BCUT2D eigenvalue weighted by Gasteiger charge is -2.15. The second kappa shape index (κ2) is 9.07. The van der Waals surface area contributed by atoms with Crippen molar-refractivity contribution in [2.75, 3.05) is 7.11 Å². The van der Waals surface area contributed by atoms with E-state index < -0.39 is 5.97 Å². The summed E-state index contributed by atoms with van der Waals surface area (Å²) < 4.78 is 10.7. The molecule has 0 saturated heterocycles. The zero-order valence-electron chi connectivity index (χ0n) is 15.5. The highest BCUT2D eigenvalue weighted by molar-refractivity contribution is 6.33. The molecule has 3 rings (SSSR count). The zero-order chi connectivity index (χ0) is 21.0. The molecule has 0 atom stereocenters. The number of carbonyl (C=O) groups is 1. The van der Waals surface area contributed by atoms with Gasteiger partial charge in [0, 0.05) is 11.1 Å². The number of methoxy groups -OCH3 is 1. The lowest BCUT2D eigenvalue weighted by molar-refractivity contribution is 0.0596. The smallest absolute Gasteiger partial charge is 0.341 e. The number of rotatable bonds is 6. The number of esters is 1. The number of carbonyl (C=O) groups excluding carboxylic acids is 1. The van der Waals surface area contributed by atoms with Crippen molar-refractivity contribution in [1.82, 2.24) is 0 Å². The average Bonchev–Trinajstić information content (AvgIpc) is 2.71. The van der Waals surface area contributed by atoms with E-state index in [1.165, 1.54) is 7.11 Å².